The summed E-state index contributed by atoms with van der Waals surface area (Å²) in [5, 5.41) is 0. The minimum Gasteiger partial charge on any atom is -0.493 e. The van der Waals surface area contributed by atoms with Crippen molar-refractivity contribution in [3.8, 4) is 11.5 Å². The Labute approximate surface area is 171 Å². The van der Waals surface area contributed by atoms with Gasteiger partial charge in [0.1, 0.15) is 5.82 Å². The number of halogens is 2. The van der Waals surface area contributed by atoms with E-state index in [1.54, 1.807) is 28.0 Å². The van der Waals surface area contributed by atoms with Gasteiger partial charge >= 0.3 is 0 Å². The van der Waals surface area contributed by atoms with Crippen molar-refractivity contribution >= 4 is 27.7 Å². The van der Waals surface area contributed by atoms with Crippen molar-refractivity contribution < 1.29 is 23.5 Å². The van der Waals surface area contributed by atoms with E-state index in [4.69, 9.17) is 9.47 Å². The number of ether oxygens (including phenoxy) is 2. The Balaban J connectivity index is 1.66. The molecule has 0 aliphatic carbocycles. The first-order chi connectivity index (χ1) is 13.4. The molecule has 0 radical (unpaired) electrons. The minimum atomic E-state index is -0.409. The van der Waals surface area contributed by atoms with E-state index in [0.717, 1.165) is 0 Å². The summed E-state index contributed by atoms with van der Waals surface area (Å²) in [6, 6.07) is 9.02. The maximum Gasteiger partial charge on any atom is 0.255 e. The fourth-order valence-corrected chi connectivity index (χ4v) is 3.62. The van der Waals surface area contributed by atoms with Crippen molar-refractivity contribution in [1.29, 1.82) is 0 Å². The van der Waals surface area contributed by atoms with Crippen molar-refractivity contribution in [1.82, 2.24) is 9.80 Å². The monoisotopic (exact) mass is 450 g/mol. The highest BCUT2D eigenvalue weighted by Gasteiger charge is 2.27. The quantitative estimate of drug-likeness (QED) is 0.717. The SMILES string of the molecule is COc1ccc(C(=O)N2CCN(C(=O)c3ccc(F)cc3Br)CC2)cc1OC. The van der Waals surface area contributed by atoms with Crippen molar-refractivity contribution in [3.63, 3.8) is 0 Å². The second-order valence-corrected chi connectivity index (χ2v) is 7.13. The van der Waals surface area contributed by atoms with Gasteiger partial charge in [-0.1, -0.05) is 0 Å². The number of carbonyl (C=O) groups is 2. The van der Waals surface area contributed by atoms with E-state index >= 15 is 0 Å². The van der Waals surface area contributed by atoms with Gasteiger partial charge in [-0.15, -0.1) is 0 Å². The molecule has 148 valence electrons. The summed E-state index contributed by atoms with van der Waals surface area (Å²) in [5.41, 5.74) is 0.903. The molecule has 2 amide bonds. The summed E-state index contributed by atoms with van der Waals surface area (Å²) in [6.45, 7) is 1.64. The van der Waals surface area contributed by atoms with Gasteiger partial charge in [0.25, 0.3) is 11.8 Å². The van der Waals surface area contributed by atoms with Crippen LogP contribution < -0.4 is 9.47 Å². The molecule has 8 heteroatoms. The molecule has 0 saturated carbocycles. The third-order valence-electron chi connectivity index (χ3n) is 4.65. The van der Waals surface area contributed by atoms with Gasteiger partial charge in [-0.3, -0.25) is 9.59 Å². The number of nitrogens with zero attached hydrogens (tertiary/aromatic N) is 2. The van der Waals surface area contributed by atoms with Crippen molar-refractivity contribution in [2.24, 2.45) is 0 Å². The van der Waals surface area contributed by atoms with E-state index < -0.39 is 5.82 Å². The van der Waals surface area contributed by atoms with Crippen LogP contribution in [0.4, 0.5) is 4.39 Å². The second kappa shape index (κ2) is 8.60. The molecular weight excluding hydrogens is 431 g/mol. The lowest BCUT2D eigenvalue weighted by Gasteiger charge is -2.35. The summed E-state index contributed by atoms with van der Waals surface area (Å²) < 4.78 is 24.1. The third kappa shape index (κ3) is 4.11. The number of rotatable bonds is 4. The van der Waals surface area contributed by atoms with Crippen LogP contribution in [-0.2, 0) is 0 Å². The molecule has 1 fully saturated rings. The van der Waals surface area contributed by atoms with Gasteiger partial charge < -0.3 is 19.3 Å². The average Bonchev–Trinajstić information content (AvgIpc) is 2.72. The van der Waals surface area contributed by atoms with Gasteiger partial charge in [-0.05, 0) is 52.3 Å². The van der Waals surface area contributed by atoms with Gasteiger partial charge in [0, 0.05) is 36.2 Å². The van der Waals surface area contributed by atoms with E-state index in [0.29, 0.717) is 53.3 Å². The minimum absolute atomic E-state index is 0.129. The lowest BCUT2D eigenvalue weighted by Crippen LogP contribution is -2.50. The highest BCUT2D eigenvalue weighted by atomic mass is 79.9. The molecule has 2 aromatic carbocycles. The highest BCUT2D eigenvalue weighted by molar-refractivity contribution is 9.10. The maximum absolute atomic E-state index is 13.2. The standard InChI is InChI=1S/C20H20BrFN2O4/c1-27-17-6-3-13(11-18(17)28-2)19(25)23-7-9-24(10-8-23)20(26)15-5-4-14(22)12-16(15)21/h3-6,11-12H,7-10H2,1-2H3. The second-order valence-electron chi connectivity index (χ2n) is 6.28. The predicted molar refractivity (Wildman–Crippen MR) is 105 cm³/mol. The Bertz CT molecular complexity index is 898. The molecule has 2 aromatic rings. The van der Waals surface area contributed by atoms with Crippen LogP contribution in [0.15, 0.2) is 40.9 Å². The number of hydrogen-bond acceptors (Lipinski definition) is 4. The molecule has 1 saturated heterocycles. The maximum atomic E-state index is 13.2. The Morgan fingerprint density at radius 1 is 0.893 bits per heavy atom. The first-order valence-electron chi connectivity index (χ1n) is 8.70. The number of methoxy groups -OCH3 is 2. The van der Waals surface area contributed by atoms with Crippen LogP contribution in [0.3, 0.4) is 0 Å². The smallest absolute Gasteiger partial charge is 0.255 e. The first-order valence-corrected chi connectivity index (χ1v) is 9.49. The van der Waals surface area contributed by atoms with E-state index in [1.807, 2.05) is 0 Å². The fourth-order valence-electron chi connectivity index (χ4n) is 3.10. The van der Waals surface area contributed by atoms with E-state index in [-0.39, 0.29) is 11.8 Å². The van der Waals surface area contributed by atoms with Crippen LogP contribution in [0.1, 0.15) is 20.7 Å². The van der Waals surface area contributed by atoms with Crippen molar-refractivity contribution in [3.05, 3.63) is 57.8 Å². The molecule has 1 aliphatic heterocycles. The van der Waals surface area contributed by atoms with Crippen LogP contribution in [0.2, 0.25) is 0 Å². The summed E-state index contributed by atoms with van der Waals surface area (Å²) >= 11 is 3.23. The van der Waals surface area contributed by atoms with Crippen LogP contribution in [0.5, 0.6) is 11.5 Å². The van der Waals surface area contributed by atoms with Crippen LogP contribution in [0, 0.1) is 5.82 Å². The zero-order valence-electron chi connectivity index (χ0n) is 15.6. The Morgan fingerprint density at radius 3 is 2.07 bits per heavy atom. The van der Waals surface area contributed by atoms with Gasteiger partial charge in [0.05, 0.1) is 19.8 Å². The number of carbonyl (C=O) groups excluding carboxylic acids is 2. The molecule has 0 unspecified atom stereocenters. The van der Waals surface area contributed by atoms with Crippen LogP contribution in [0.25, 0.3) is 0 Å². The fraction of sp³-hybridized carbons (Fsp3) is 0.300. The zero-order valence-corrected chi connectivity index (χ0v) is 17.2. The molecule has 3 rings (SSSR count). The molecule has 0 bridgehead atoms. The predicted octanol–water partition coefficient (Wildman–Crippen LogP) is 3.20. The average molecular weight is 451 g/mol. The topological polar surface area (TPSA) is 59.1 Å². The Hall–Kier alpha value is -2.61. The summed E-state index contributed by atoms with van der Waals surface area (Å²) in [4.78, 5) is 28.8. The first kappa shape index (κ1) is 20.1. The number of hydrogen-bond donors (Lipinski definition) is 0. The Morgan fingerprint density at radius 2 is 1.50 bits per heavy atom. The molecule has 1 heterocycles. The van der Waals surface area contributed by atoms with Crippen molar-refractivity contribution in [2.45, 2.75) is 0 Å². The molecule has 6 nitrogen and oxygen atoms in total. The summed E-state index contributed by atoms with van der Waals surface area (Å²) in [5.74, 6) is 0.317. The number of amides is 2. The molecule has 1 aliphatic rings. The van der Waals surface area contributed by atoms with E-state index in [1.165, 1.54) is 32.4 Å². The normalized spacial score (nSPS) is 14.0. The largest absolute Gasteiger partial charge is 0.493 e. The van der Waals surface area contributed by atoms with Crippen LogP contribution >= 0.6 is 15.9 Å². The molecule has 0 atom stereocenters. The lowest BCUT2D eigenvalue weighted by molar-refractivity contribution is 0.0534. The van der Waals surface area contributed by atoms with Gasteiger partial charge in [0.2, 0.25) is 0 Å². The zero-order chi connectivity index (χ0) is 20.3. The number of piperazine rings is 1. The lowest BCUT2D eigenvalue weighted by atomic mass is 10.1. The van der Waals surface area contributed by atoms with Gasteiger partial charge in [0.15, 0.2) is 11.5 Å². The third-order valence-corrected chi connectivity index (χ3v) is 5.30. The summed E-state index contributed by atoms with van der Waals surface area (Å²) in [7, 11) is 3.05. The van der Waals surface area contributed by atoms with Gasteiger partial charge in [-0.25, -0.2) is 4.39 Å². The Kier molecular flexibility index (Phi) is 6.18. The molecule has 0 N–H and O–H groups in total. The van der Waals surface area contributed by atoms with Gasteiger partial charge in [-0.2, -0.15) is 0 Å². The molecule has 28 heavy (non-hydrogen) atoms. The number of benzene rings is 2. The van der Waals surface area contributed by atoms with Crippen LogP contribution in [-0.4, -0.2) is 62.0 Å². The van der Waals surface area contributed by atoms with Crippen molar-refractivity contribution in [2.75, 3.05) is 40.4 Å². The summed E-state index contributed by atoms with van der Waals surface area (Å²) in [6.07, 6.45) is 0. The molecular formula is C20H20BrFN2O4. The molecule has 0 aromatic heterocycles. The molecule has 0 spiro atoms. The van der Waals surface area contributed by atoms with E-state index in [9.17, 15) is 14.0 Å². The van der Waals surface area contributed by atoms with E-state index in [2.05, 4.69) is 15.9 Å². The highest BCUT2D eigenvalue weighted by Crippen LogP contribution is 2.28.